The van der Waals surface area contributed by atoms with Crippen molar-refractivity contribution in [1.82, 2.24) is 20.4 Å². The molecule has 1 aliphatic rings. The Labute approximate surface area is 141 Å². The lowest BCUT2D eigenvalue weighted by molar-refractivity contribution is 0.0906. The molecule has 0 aliphatic carbocycles. The van der Waals surface area contributed by atoms with E-state index in [4.69, 9.17) is 0 Å². The Morgan fingerprint density at radius 3 is 2.71 bits per heavy atom. The Balaban J connectivity index is 1.57. The van der Waals surface area contributed by atoms with Crippen LogP contribution in [-0.4, -0.2) is 46.7 Å². The standard InChI is InChI=1S/C18H23FN4O/c1-2-9-23-10-7-15(8-11-23)20-18(24)17-12-16(21-22-17)13-3-5-14(19)6-4-13/h3-6,12,15H,2,7-11H2,1H3,(H,20,24)(H,21,22). The Kier molecular flexibility index (Phi) is 5.25. The van der Waals surface area contributed by atoms with Crippen LogP contribution in [0.5, 0.6) is 0 Å². The largest absolute Gasteiger partial charge is 0.348 e. The van der Waals surface area contributed by atoms with Crippen molar-refractivity contribution in [2.24, 2.45) is 0 Å². The molecule has 128 valence electrons. The molecule has 0 unspecified atom stereocenters. The number of likely N-dealkylation sites (tertiary alicyclic amines) is 1. The minimum atomic E-state index is -0.290. The molecule has 0 atom stereocenters. The third-order valence-corrected chi connectivity index (χ3v) is 4.43. The first kappa shape index (κ1) is 16.6. The predicted molar refractivity (Wildman–Crippen MR) is 91.2 cm³/mol. The fourth-order valence-electron chi connectivity index (χ4n) is 3.09. The van der Waals surface area contributed by atoms with Crippen molar-refractivity contribution >= 4 is 5.91 Å². The smallest absolute Gasteiger partial charge is 0.269 e. The number of piperidine rings is 1. The molecule has 2 heterocycles. The number of H-pyrrole nitrogens is 1. The predicted octanol–water partition coefficient (Wildman–Crippen LogP) is 2.82. The van der Waals surface area contributed by atoms with Gasteiger partial charge in [-0.3, -0.25) is 9.89 Å². The fraction of sp³-hybridized carbons (Fsp3) is 0.444. The first-order valence-corrected chi connectivity index (χ1v) is 8.50. The van der Waals surface area contributed by atoms with Crippen LogP contribution in [0.3, 0.4) is 0 Å². The monoisotopic (exact) mass is 330 g/mol. The average Bonchev–Trinajstić information content (AvgIpc) is 3.08. The van der Waals surface area contributed by atoms with Crippen molar-refractivity contribution in [3.63, 3.8) is 0 Å². The third-order valence-electron chi connectivity index (χ3n) is 4.43. The summed E-state index contributed by atoms with van der Waals surface area (Å²) in [6, 6.07) is 7.98. The van der Waals surface area contributed by atoms with Gasteiger partial charge in [-0.05, 0) is 56.1 Å². The van der Waals surface area contributed by atoms with Gasteiger partial charge in [0.1, 0.15) is 11.5 Å². The molecule has 24 heavy (non-hydrogen) atoms. The highest BCUT2D eigenvalue weighted by molar-refractivity contribution is 5.93. The van der Waals surface area contributed by atoms with Gasteiger partial charge in [0, 0.05) is 24.7 Å². The number of hydrogen-bond donors (Lipinski definition) is 2. The molecule has 1 amide bonds. The van der Waals surface area contributed by atoms with E-state index in [0.29, 0.717) is 11.4 Å². The van der Waals surface area contributed by atoms with E-state index in [-0.39, 0.29) is 17.8 Å². The first-order valence-electron chi connectivity index (χ1n) is 8.50. The lowest BCUT2D eigenvalue weighted by Gasteiger charge is -2.31. The number of rotatable bonds is 5. The summed E-state index contributed by atoms with van der Waals surface area (Å²) < 4.78 is 13.0. The van der Waals surface area contributed by atoms with Crippen LogP contribution < -0.4 is 5.32 Å². The summed E-state index contributed by atoms with van der Waals surface area (Å²) in [5.41, 5.74) is 1.85. The summed E-state index contributed by atoms with van der Waals surface area (Å²) >= 11 is 0. The Morgan fingerprint density at radius 2 is 2.04 bits per heavy atom. The molecular formula is C18H23FN4O. The van der Waals surface area contributed by atoms with Gasteiger partial charge in [0.05, 0.1) is 5.69 Å². The summed E-state index contributed by atoms with van der Waals surface area (Å²) in [6.07, 6.45) is 3.12. The maximum Gasteiger partial charge on any atom is 0.269 e. The van der Waals surface area contributed by atoms with Crippen molar-refractivity contribution in [1.29, 1.82) is 0 Å². The number of benzene rings is 1. The van der Waals surface area contributed by atoms with Crippen LogP contribution in [0.25, 0.3) is 11.3 Å². The number of hydrogen-bond acceptors (Lipinski definition) is 3. The highest BCUT2D eigenvalue weighted by Crippen LogP contribution is 2.18. The Bertz CT molecular complexity index is 675. The van der Waals surface area contributed by atoms with Crippen LogP contribution in [0.2, 0.25) is 0 Å². The molecule has 1 saturated heterocycles. The lowest BCUT2D eigenvalue weighted by Crippen LogP contribution is -2.44. The summed E-state index contributed by atoms with van der Waals surface area (Å²) in [5.74, 6) is -0.425. The molecule has 0 saturated carbocycles. The van der Waals surface area contributed by atoms with Crippen molar-refractivity contribution in [2.45, 2.75) is 32.2 Å². The van der Waals surface area contributed by atoms with E-state index in [9.17, 15) is 9.18 Å². The third kappa shape index (κ3) is 4.00. The summed E-state index contributed by atoms with van der Waals surface area (Å²) in [5, 5.41) is 10.00. The number of carbonyl (C=O) groups excluding carboxylic acids is 1. The quantitative estimate of drug-likeness (QED) is 0.886. The van der Waals surface area contributed by atoms with Crippen molar-refractivity contribution < 1.29 is 9.18 Å². The van der Waals surface area contributed by atoms with Gasteiger partial charge in [-0.15, -0.1) is 0 Å². The van der Waals surface area contributed by atoms with Gasteiger partial charge >= 0.3 is 0 Å². The molecule has 2 N–H and O–H groups in total. The van der Waals surface area contributed by atoms with Crippen LogP contribution in [-0.2, 0) is 0 Å². The fourth-order valence-corrected chi connectivity index (χ4v) is 3.09. The highest BCUT2D eigenvalue weighted by Gasteiger charge is 2.21. The number of aromatic nitrogens is 2. The topological polar surface area (TPSA) is 61.0 Å². The van der Waals surface area contributed by atoms with Crippen LogP contribution in [0.1, 0.15) is 36.7 Å². The van der Waals surface area contributed by atoms with E-state index in [2.05, 4.69) is 27.3 Å². The zero-order valence-electron chi connectivity index (χ0n) is 13.9. The normalized spacial score (nSPS) is 16.2. The van der Waals surface area contributed by atoms with Crippen LogP contribution in [0, 0.1) is 5.82 Å². The molecule has 1 aromatic carbocycles. The summed E-state index contributed by atoms with van der Waals surface area (Å²) in [7, 11) is 0. The van der Waals surface area contributed by atoms with Crippen molar-refractivity contribution in [3.05, 3.63) is 41.8 Å². The Morgan fingerprint density at radius 1 is 1.33 bits per heavy atom. The van der Waals surface area contributed by atoms with Gasteiger partial charge in [-0.25, -0.2) is 4.39 Å². The number of amides is 1. The van der Waals surface area contributed by atoms with Crippen LogP contribution in [0.4, 0.5) is 4.39 Å². The molecule has 0 spiro atoms. The average molecular weight is 330 g/mol. The summed E-state index contributed by atoms with van der Waals surface area (Å²) in [4.78, 5) is 14.8. The number of nitrogens with zero attached hydrogens (tertiary/aromatic N) is 2. The molecule has 0 radical (unpaired) electrons. The second-order valence-corrected chi connectivity index (χ2v) is 6.26. The zero-order valence-corrected chi connectivity index (χ0v) is 13.9. The molecule has 5 nitrogen and oxygen atoms in total. The molecule has 2 aromatic rings. The molecule has 1 aliphatic heterocycles. The highest BCUT2D eigenvalue weighted by atomic mass is 19.1. The van der Waals surface area contributed by atoms with Gasteiger partial charge in [-0.2, -0.15) is 5.10 Å². The second kappa shape index (κ2) is 7.57. The molecular weight excluding hydrogens is 307 g/mol. The number of carbonyl (C=O) groups is 1. The molecule has 1 fully saturated rings. The van der Waals surface area contributed by atoms with E-state index >= 15 is 0 Å². The molecule has 6 heteroatoms. The number of nitrogens with one attached hydrogen (secondary N) is 2. The molecule has 1 aromatic heterocycles. The van der Waals surface area contributed by atoms with Crippen LogP contribution >= 0.6 is 0 Å². The zero-order chi connectivity index (χ0) is 16.9. The van der Waals surface area contributed by atoms with Gasteiger partial charge in [-0.1, -0.05) is 6.92 Å². The van der Waals surface area contributed by atoms with E-state index < -0.39 is 0 Å². The van der Waals surface area contributed by atoms with E-state index in [1.54, 1.807) is 18.2 Å². The maximum absolute atomic E-state index is 13.0. The van der Waals surface area contributed by atoms with Gasteiger partial charge in [0.15, 0.2) is 0 Å². The lowest BCUT2D eigenvalue weighted by atomic mass is 10.0. The van der Waals surface area contributed by atoms with Gasteiger partial charge in [0.2, 0.25) is 0 Å². The first-order chi connectivity index (χ1) is 11.7. The van der Waals surface area contributed by atoms with E-state index in [0.717, 1.165) is 44.5 Å². The SMILES string of the molecule is CCCN1CCC(NC(=O)c2cc(-c3ccc(F)cc3)n[nH]2)CC1. The van der Waals surface area contributed by atoms with Gasteiger partial charge in [0.25, 0.3) is 5.91 Å². The van der Waals surface area contributed by atoms with E-state index in [1.165, 1.54) is 12.1 Å². The minimum Gasteiger partial charge on any atom is -0.348 e. The number of halogens is 1. The van der Waals surface area contributed by atoms with Crippen molar-refractivity contribution in [2.75, 3.05) is 19.6 Å². The minimum absolute atomic E-state index is 0.134. The second-order valence-electron chi connectivity index (χ2n) is 6.26. The Hall–Kier alpha value is -2.21. The van der Waals surface area contributed by atoms with Gasteiger partial charge < -0.3 is 10.2 Å². The van der Waals surface area contributed by atoms with Crippen molar-refractivity contribution in [3.8, 4) is 11.3 Å². The molecule has 3 rings (SSSR count). The molecule has 0 bridgehead atoms. The van der Waals surface area contributed by atoms with Crippen LogP contribution in [0.15, 0.2) is 30.3 Å². The maximum atomic E-state index is 13.0. The summed E-state index contributed by atoms with van der Waals surface area (Å²) in [6.45, 7) is 5.37. The van der Waals surface area contributed by atoms with E-state index in [1.807, 2.05) is 0 Å². The number of aromatic amines is 1.